The van der Waals surface area contributed by atoms with Crippen molar-refractivity contribution >= 4 is 25.3 Å². The van der Waals surface area contributed by atoms with Gasteiger partial charge < -0.3 is 9.84 Å². The van der Waals surface area contributed by atoms with Crippen LogP contribution in [-0.4, -0.2) is 18.8 Å². The molecule has 0 spiro atoms. The molecule has 0 bridgehead atoms. The second kappa shape index (κ2) is 7.45. The van der Waals surface area contributed by atoms with Gasteiger partial charge in [0, 0.05) is 5.56 Å². The third-order valence-corrected chi connectivity index (χ3v) is 4.55. The summed E-state index contributed by atoms with van der Waals surface area (Å²) < 4.78 is 5.22. The van der Waals surface area contributed by atoms with Gasteiger partial charge in [0.05, 0.1) is 12.1 Å². The highest BCUT2D eigenvalue weighted by Crippen LogP contribution is 2.30. The Bertz CT molecular complexity index is 478. The lowest BCUT2D eigenvalue weighted by Gasteiger charge is -2.23. The van der Waals surface area contributed by atoms with E-state index in [2.05, 4.69) is 27.7 Å². The maximum Gasteiger partial charge on any atom is 0.126 e. The van der Waals surface area contributed by atoms with E-state index in [0.29, 0.717) is 27.7 Å². The fourth-order valence-corrected chi connectivity index (χ4v) is 3.62. The Kier molecular flexibility index (Phi) is 6.51. The lowest BCUT2D eigenvalue weighted by Crippen LogP contribution is -2.19. The molecule has 112 valence electrons. The van der Waals surface area contributed by atoms with Crippen LogP contribution in [0.2, 0.25) is 5.02 Å². The second-order valence-corrected chi connectivity index (χ2v) is 7.83. The van der Waals surface area contributed by atoms with E-state index in [1.54, 1.807) is 25.3 Å². The number of hydrogen-bond acceptors (Lipinski definition) is 2. The summed E-state index contributed by atoms with van der Waals surface area (Å²) in [4.78, 5) is 0. The fraction of sp³-hybridized carbons (Fsp3) is 0.562. The first-order valence-electron chi connectivity index (χ1n) is 6.79. The van der Waals surface area contributed by atoms with Crippen LogP contribution in [0.1, 0.15) is 39.7 Å². The third-order valence-electron chi connectivity index (χ3n) is 2.92. The number of methoxy groups -OCH3 is 1. The Balaban J connectivity index is 2.85. The molecule has 20 heavy (non-hydrogen) atoms. The molecule has 0 saturated heterocycles. The highest BCUT2D eigenvalue weighted by Gasteiger charge is 2.14. The van der Waals surface area contributed by atoms with Crippen molar-refractivity contribution in [3.8, 4) is 5.75 Å². The predicted molar refractivity (Wildman–Crippen MR) is 87.1 cm³/mol. The maximum atomic E-state index is 12.3. The Labute approximate surface area is 128 Å². The monoisotopic (exact) mass is 313 g/mol. The molecule has 0 aromatic heterocycles. The van der Waals surface area contributed by atoms with Crippen molar-refractivity contribution < 1.29 is 9.84 Å². The highest BCUT2D eigenvalue weighted by atomic mass is 35.5. The molecule has 1 atom stereocenters. The first kappa shape index (κ1) is 17.5. The summed E-state index contributed by atoms with van der Waals surface area (Å²) in [7, 11) is 2.34. The average molecular weight is 314 g/mol. The normalized spacial score (nSPS) is 14.2. The van der Waals surface area contributed by atoms with Gasteiger partial charge in [-0.15, -0.1) is 13.7 Å². The van der Waals surface area contributed by atoms with Crippen LogP contribution in [0.3, 0.4) is 0 Å². The van der Waals surface area contributed by atoms with Crippen LogP contribution in [0, 0.1) is 11.3 Å². The van der Waals surface area contributed by atoms with Crippen LogP contribution in [0.5, 0.6) is 5.75 Å². The summed E-state index contributed by atoms with van der Waals surface area (Å²) in [5, 5.41) is 12.8. The van der Waals surface area contributed by atoms with Gasteiger partial charge in [0.25, 0.3) is 0 Å². The zero-order valence-electron chi connectivity index (χ0n) is 12.9. The van der Waals surface area contributed by atoms with Crippen molar-refractivity contribution in [2.75, 3.05) is 13.3 Å². The Morgan fingerprint density at radius 1 is 1.40 bits per heavy atom. The second-order valence-electron chi connectivity index (χ2n) is 6.33. The van der Waals surface area contributed by atoms with E-state index in [9.17, 15) is 5.11 Å². The molecule has 0 saturated carbocycles. The SMILES string of the molecule is COc1cccc(Cl)c1C([O-])=PCC(C)CC(C)(C)C. The molecule has 0 aliphatic rings. The molecule has 0 fully saturated rings. The van der Waals surface area contributed by atoms with E-state index in [1.165, 1.54) is 0 Å². The van der Waals surface area contributed by atoms with E-state index >= 15 is 0 Å². The molecule has 0 amide bonds. The smallest absolute Gasteiger partial charge is 0.126 e. The summed E-state index contributed by atoms with van der Waals surface area (Å²) >= 11 is 6.12. The number of hydrogen-bond donors (Lipinski definition) is 0. The molecule has 0 aliphatic carbocycles. The molecule has 1 unspecified atom stereocenters. The van der Waals surface area contributed by atoms with Gasteiger partial charge in [-0.3, -0.25) is 0 Å². The summed E-state index contributed by atoms with van der Waals surface area (Å²) in [5.74, 6) is 1.06. The van der Waals surface area contributed by atoms with Crippen molar-refractivity contribution in [2.24, 2.45) is 11.3 Å². The maximum absolute atomic E-state index is 12.3. The van der Waals surface area contributed by atoms with Crippen molar-refractivity contribution in [3.63, 3.8) is 0 Å². The standard InChI is InChI=1S/C16H24ClO2P/c1-11(9-16(2,3)4)10-20-15(18)14-12(17)7-6-8-13(14)19-5/h6-8,11,18H,9-10H2,1-5H3/p-1. The van der Waals surface area contributed by atoms with Crippen molar-refractivity contribution in [1.29, 1.82) is 0 Å². The topological polar surface area (TPSA) is 32.3 Å². The number of ether oxygens (including phenoxy) is 1. The molecule has 1 aromatic rings. The van der Waals surface area contributed by atoms with E-state index in [4.69, 9.17) is 16.3 Å². The predicted octanol–water partition coefficient (Wildman–Crippen LogP) is 4.21. The van der Waals surface area contributed by atoms with Gasteiger partial charge in [-0.05, 0) is 36.0 Å². The quantitative estimate of drug-likeness (QED) is 0.763. The van der Waals surface area contributed by atoms with Crippen molar-refractivity contribution in [2.45, 2.75) is 34.1 Å². The van der Waals surface area contributed by atoms with Gasteiger partial charge in [0.15, 0.2) is 0 Å². The first-order chi connectivity index (χ1) is 9.24. The Morgan fingerprint density at radius 2 is 2.05 bits per heavy atom. The lowest BCUT2D eigenvalue weighted by molar-refractivity contribution is -0.207. The van der Waals surface area contributed by atoms with Gasteiger partial charge in [-0.2, -0.15) is 0 Å². The molecule has 0 N–H and O–H groups in total. The fourth-order valence-electron chi connectivity index (χ4n) is 2.31. The molecule has 1 aromatic carbocycles. The van der Waals surface area contributed by atoms with Crippen LogP contribution >= 0.6 is 19.8 Å². The number of rotatable bonds is 5. The van der Waals surface area contributed by atoms with Crippen LogP contribution < -0.4 is 9.84 Å². The molecular formula is C16H23ClO2P-. The summed E-state index contributed by atoms with van der Waals surface area (Å²) in [6.07, 6.45) is 1.96. The molecule has 1 rings (SSSR count). The zero-order chi connectivity index (χ0) is 15.3. The van der Waals surface area contributed by atoms with Gasteiger partial charge in [-0.25, -0.2) is 0 Å². The van der Waals surface area contributed by atoms with E-state index < -0.39 is 0 Å². The third kappa shape index (κ3) is 5.44. The molecule has 0 heterocycles. The van der Waals surface area contributed by atoms with E-state index in [0.717, 1.165) is 20.8 Å². The molecule has 2 nitrogen and oxygen atoms in total. The largest absolute Gasteiger partial charge is 0.823 e. The minimum absolute atomic E-state index is 0.0354. The average Bonchev–Trinajstić information content (AvgIpc) is 2.33. The van der Waals surface area contributed by atoms with E-state index in [1.807, 2.05) is 0 Å². The van der Waals surface area contributed by atoms with Crippen LogP contribution in [-0.2, 0) is 0 Å². The van der Waals surface area contributed by atoms with Gasteiger partial charge >= 0.3 is 0 Å². The molecule has 0 aliphatic heterocycles. The molecular weight excluding hydrogens is 291 g/mol. The number of benzene rings is 1. The lowest BCUT2D eigenvalue weighted by atomic mass is 9.86. The molecule has 4 heteroatoms. The van der Waals surface area contributed by atoms with Gasteiger partial charge in [0.1, 0.15) is 5.75 Å². The zero-order valence-corrected chi connectivity index (χ0v) is 14.5. The Hall–Kier alpha value is -0.560. The van der Waals surface area contributed by atoms with Crippen LogP contribution in [0.25, 0.3) is 0 Å². The van der Waals surface area contributed by atoms with Crippen molar-refractivity contribution in [3.05, 3.63) is 28.8 Å². The summed E-state index contributed by atoms with van der Waals surface area (Å²) in [6, 6.07) is 5.29. The van der Waals surface area contributed by atoms with Crippen LogP contribution in [0.4, 0.5) is 0 Å². The highest BCUT2D eigenvalue weighted by molar-refractivity contribution is 7.40. The van der Waals surface area contributed by atoms with Gasteiger partial charge in [-0.1, -0.05) is 45.4 Å². The minimum Gasteiger partial charge on any atom is -0.823 e. The number of halogens is 1. The minimum atomic E-state index is 0.0354. The van der Waals surface area contributed by atoms with E-state index in [-0.39, 0.29) is 5.48 Å². The molecule has 0 radical (unpaired) electrons. The van der Waals surface area contributed by atoms with Crippen molar-refractivity contribution in [1.82, 2.24) is 0 Å². The van der Waals surface area contributed by atoms with Gasteiger partial charge in [0.2, 0.25) is 0 Å². The Morgan fingerprint density at radius 3 is 2.60 bits per heavy atom. The first-order valence-corrected chi connectivity index (χ1v) is 8.24. The summed E-state index contributed by atoms with van der Waals surface area (Å²) in [6.45, 7) is 8.85. The summed E-state index contributed by atoms with van der Waals surface area (Å²) in [5.41, 5.74) is 0.828. The van der Waals surface area contributed by atoms with Crippen LogP contribution in [0.15, 0.2) is 18.2 Å².